The Bertz CT molecular complexity index is 1230. The van der Waals surface area contributed by atoms with Crippen molar-refractivity contribution in [2.75, 3.05) is 5.32 Å². The fraction of sp³-hybridized carbons (Fsp3) is 0.167. The molecule has 0 aliphatic heterocycles. The van der Waals surface area contributed by atoms with Gasteiger partial charge in [-0.15, -0.1) is 0 Å². The molecule has 2 aromatic heterocycles. The van der Waals surface area contributed by atoms with Gasteiger partial charge in [0.1, 0.15) is 5.76 Å². The maximum Gasteiger partial charge on any atom is 0.253 e. The summed E-state index contributed by atoms with van der Waals surface area (Å²) in [5.74, 6) is 0.774. The molecule has 30 heavy (non-hydrogen) atoms. The lowest BCUT2D eigenvalue weighted by Gasteiger charge is -2.25. The van der Waals surface area contributed by atoms with Crippen LogP contribution in [0.5, 0.6) is 0 Å². The van der Waals surface area contributed by atoms with Gasteiger partial charge in [-0.3, -0.25) is 4.79 Å². The van der Waals surface area contributed by atoms with Crippen LogP contribution < -0.4 is 10.9 Å². The number of hydrogen-bond acceptors (Lipinski definition) is 3. The van der Waals surface area contributed by atoms with Crippen LogP contribution in [0.2, 0.25) is 0 Å². The van der Waals surface area contributed by atoms with Crippen molar-refractivity contribution in [1.29, 1.82) is 0 Å². The molecule has 2 N–H and O–H groups in total. The van der Waals surface area contributed by atoms with Crippen molar-refractivity contribution >= 4 is 33.9 Å². The van der Waals surface area contributed by atoms with Crippen LogP contribution in [-0.2, 0) is 13.1 Å². The van der Waals surface area contributed by atoms with E-state index >= 15 is 0 Å². The van der Waals surface area contributed by atoms with Gasteiger partial charge in [-0.25, -0.2) is 0 Å². The number of aromatic nitrogens is 1. The predicted octanol–water partition coefficient (Wildman–Crippen LogP) is 5.14. The number of furan rings is 1. The van der Waals surface area contributed by atoms with E-state index in [9.17, 15) is 4.79 Å². The molecule has 4 aromatic rings. The van der Waals surface area contributed by atoms with E-state index in [1.807, 2.05) is 79.4 Å². The zero-order valence-electron chi connectivity index (χ0n) is 16.9. The molecule has 5 nitrogen and oxygen atoms in total. The van der Waals surface area contributed by atoms with Crippen molar-refractivity contribution in [2.45, 2.75) is 26.9 Å². The van der Waals surface area contributed by atoms with Gasteiger partial charge in [-0.1, -0.05) is 29.8 Å². The molecule has 0 aliphatic rings. The summed E-state index contributed by atoms with van der Waals surface area (Å²) in [6.45, 7) is 4.86. The quantitative estimate of drug-likeness (QED) is 0.441. The fourth-order valence-electron chi connectivity index (χ4n) is 3.31. The van der Waals surface area contributed by atoms with Gasteiger partial charge < -0.3 is 19.6 Å². The molecule has 2 aromatic carbocycles. The van der Waals surface area contributed by atoms with Crippen LogP contribution >= 0.6 is 12.2 Å². The summed E-state index contributed by atoms with van der Waals surface area (Å²) < 4.78 is 5.52. The topological polar surface area (TPSA) is 61.3 Å². The normalized spacial score (nSPS) is 10.9. The second kappa shape index (κ2) is 8.55. The molecule has 0 saturated heterocycles. The van der Waals surface area contributed by atoms with E-state index in [0.717, 1.165) is 27.9 Å². The number of nitrogens with one attached hydrogen (secondary N) is 2. The molecule has 2 heterocycles. The van der Waals surface area contributed by atoms with Crippen LogP contribution in [0.1, 0.15) is 22.5 Å². The Kier molecular flexibility index (Phi) is 5.68. The Hall–Kier alpha value is -3.38. The molecule has 6 heteroatoms. The molecule has 0 aliphatic carbocycles. The van der Waals surface area contributed by atoms with E-state index < -0.39 is 0 Å². The standard InChI is InChI=1S/C24H23N3O2S/c1-16-6-9-20(10-7-16)25-24(30)27(15-21-4-3-11-29-21)14-19-13-18-8-5-17(2)12-22(18)26-23(19)28/h3-13H,14-15H2,1-2H3,(H,25,30)(H,26,28). The van der Waals surface area contributed by atoms with Gasteiger partial charge in [0.05, 0.1) is 19.4 Å². The maximum absolute atomic E-state index is 12.7. The van der Waals surface area contributed by atoms with Crippen molar-refractivity contribution in [2.24, 2.45) is 0 Å². The number of H-pyrrole nitrogens is 1. The number of aryl methyl sites for hydroxylation is 2. The SMILES string of the molecule is Cc1ccc(NC(=S)N(Cc2ccco2)Cc2cc3ccc(C)cc3[nH]c2=O)cc1. The Morgan fingerprint density at radius 1 is 1.03 bits per heavy atom. The third-order valence-corrected chi connectivity index (χ3v) is 5.32. The van der Waals surface area contributed by atoms with Crippen molar-refractivity contribution in [1.82, 2.24) is 9.88 Å². The molecular formula is C24H23N3O2S. The molecule has 0 fully saturated rings. The number of nitrogens with zero attached hydrogens (tertiary/aromatic N) is 1. The average Bonchev–Trinajstić information content (AvgIpc) is 3.23. The van der Waals surface area contributed by atoms with Gasteiger partial charge in [0.15, 0.2) is 5.11 Å². The summed E-state index contributed by atoms with van der Waals surface area (Å²) in [6, 6.07) is 19.7. The van der Waals surface area contributed by atoms with Crippen LogP contribution in [0.15, 0.2) is 76.1 Å². The molecule has 0 atom stereocenters. The summed E-state index contributed by atoms with van der Waals surface area (Å²) in [5, 5.41) is 4.79. The number of fused-ring (bicyclic) bond motifs is 1. The van der Waals surface area contributed by atoms with Gasteiger partial charge in [-0.05, 0) is 73.4 Å². The van der Waals surface area contributed by atoms with E-state index in [-0.39, 0.29) is 5.56 Å². The van der Waals surface area contributed by atoms with E-state index in [0.29, 0.717) is 23.8 Å². The van der Waals surface area contributed by atoms with E-state index in [1.165, 1.54) is 5.56 Å². The zero-order valence-corrected chi connectivity index (χ0v) is 17.8. The lowest BCUT2D eigenvalue weighted by atomic mass is 10.1. The highest BCUT2D eigenvalue weighted by molar-refractivity contribution is 7.80. The van der Waals surface area contributed by atoms with Crippen LogP contribution in [0.4, 0.5) is 5.69 Å². The second-order valence-corrected chi connectivity index (χ2v) is 7.83. The Morgan fingerprint density at radius 2 is 1.80 bits per heavy atom. The lowest BCUT2D eigenvalue weighted by Crippen LogP contribution is -2.35. The van der Waals surface area contributed by atoms with Gasteiger partial charge in [-0.2, -0.15) is 0 Å². The van der Waals surface area contributed by atoms with Gasteiger partial charge in [0, 0.05) is 16.8 Å². The first-order valence-electron chi connectivity index (χ1n) is 9.75. The Morgan fingerprint density at radius 3 is 2.53 bits per heavy atom. The second-order valence-electron chi connectivity index (χ2n) is 7.45. The van der Waals surface area contributed by atoms with Gasteiger partial charge in [0.25, 0.3) is 5.56 Å². The molecule has 0 amide bonds. The monoisotopic (exact) mass is 417 g/mol. The van der Waals surface area contributed by atoms with Crippen molar-refractivity contribution in [3.8, 4) is 0 Å². The van der Waals surface area contributed by atoms with E-state index in [4.69, 9.17) is 16.6 Å². The smallest absolute Gasteiger partial charge is 0.253 e. The molecule has 4 rings (SSSR count). The minimum absolute atomic E-state index is 0.115. The number of pyridine rings is 1. The molecular weight excluding hydrogens is 394 g/mol. The van der Waals surface area contributed by atoms with Crippen LogP contribution in [0.3, 0.4) is 0 Å². The van der Waals surface area contributed by atoms with Crippen molar-refractivity contribution < 1.29 is 4.42 Å². The minimum Gasteiger partial charge on any atom is -0.467 e. The average molecular weight is 418 g/mol. The van der Waals surface area contributed by atoms with Gasteiger partial charge >= 0.3 is 0 Å². The number of anilines is 1. The van der Waals surface area contributed by atoms with E-state index in [2.05, 4.69) is 10.3 Å². The van der Waals surface area contributed by atoms with Crippen molar-refractivity contribution in [3.63, 3.8) is 0 Å². The number of benzene rings is 2. The number of aromatic amines is 1. The summed E-state index contributed by atoms with van der Waals surface area (Å²) >= 11 is 5.68. The first-order chi connectivity index (χ1) is 14.5. The highest BCUT2D eigenvalue weighted by Crippen LogP contribution is 2.17. The number of thiocarbonyl (C=S) groups is 1. The highest BCUT2D eigenvalue weighted by Gasteiger charge is 2.15. The summed E-state index contributed by atoms with van der Waals surface area (Å²) in [4.78, 5) is 17.6. The van der Waals surface area contributed by atoms with E-state index in [1.54, 1.807) is 6.26 Å². The lowest BCUT2D eigenvalue weighted by molar-refractivity contribution is 0.359. The molecule has 0 radical (unpaired) electrons. The van der Waals surface area contributed by atoms with Crippen LogP contribution in [0.25, 0.3) is 10.9 Å². The number of rotatable bonds is 5. The Balaban J connectivity index is 1.62. The number of hydrogen-bond donors (Lipinski definition) is 2. The molecule has 0 saturated carbocycles. The summed E-state index contributed by atoms with van der Waals surface area (Å²) in [5.41, 5.74) is 4.55. The maximum atomic E-state index is 12.7. The highest BCUT2D eigenvalue weighted by atomic mass is 32.1. The molecule has 0 unspecified atom stereocenters. The third-order valence-electron chi connectivity index (χ3n) is 4.96. The zero-order chi connectivity index (χ0) is 21.1. The first kappa shape index (κ1) is 19.9. The molecule has 0 bridgehead atoms. The molecule has 152 valence electrons. The Labute approximate surface area is 180 Å². The summed E-state index contributed by atoms with van der Waals surface area (Å²) in [6.07, 6.45) is 1.63. The van der Waals surface area contributed by atoms with Crippen LogP contribution in [0, 0.1) is 13.8 Å². The molecule has 0 spiro atoms. The van der Waals surface area contributed by atoms with Gasteiger partial charge in [0.2, 0.25) is 0 Å². The third kappa shape index (κ3) is 4.60. The first-order valence-corrected chi connectivity index (χ1v) is 10.2. The van der Waals surface area contributed by atoms with Crippen LogP contribution in [-0.4, -0.2) is 15.0 Å². The predicted molar refractivity (Wildman–Crippen MR) is 125 cm³/mol. The fourth-order valence-corrected chi connectivity index (χ4v) is 3.56. The largest absolute Gasteiger partial charge is 0.467 e. The van der Waals surface area contributed by atoms with Crippen molar-refractivity contribution in [3.05, 3.63) is 99.7 Å². The minimum atomic E-state index is -0.115. The summed E-state index contributed by atoms with van der Waals surface area (Å²) in [7, 11) is 0.